The number of fused-ring (bicyclic) bond motifs is 2. The molecule has 2 aromatic rings. The Hall–Kier alpha value is -3.45. The molecule has 0 saturated carbocycles. The normalized spacial score (nSPS) is 9.33. The van der Waals surface area contributed by atoms with E-state index in [9.17, 15) is 4.79 Å². The minimum absolute atomic E-state index is 0. The van der Waals surface area contributed by atoms with Crippen molar-refractivity contribution in [3.8, 4) is 22.5 Å². The van der Waals surface area contributed by atoms with E-state index in [-0.39, 0.29) is 48.9 Å². The van der Waals surface area contributed by atoms with Crippen LogP contribution in [0.4, 0.5) is 5.69 Å². The Morgan fingerprint density at radius 1 is 0.953 bits per heavy atom. The Morgan fingerprint density at radius 2 is 1.53 bits per heavy atom. The fraction of sp³-hybridized carbons (Fsp3) is 0.310. The first-order chi connectivity index (χ1) is 18.3. The van der Waals surface area contributed by atoms with Gasteiger partial charge in [-0.25, -0.2) is 9.37 Å². The van der Waals surface area contributed by atoms with Crippen LogP contribution in [0.5, 0.6) is 0 Å². The molecule has 1 heterocycles. The molecular weight excluding hydrogens is 660 g/mol. The maximum atomic E-state index is 12.7. The summed E-state index contributed by atoms with van der Waals surface area (Å²) in [5.74, 6) is 0.445. The summed E-state index contributed by atoms with van der Waals surface area (Å²) >= 11 is 0. The molecule has 0 atom stereocenters. The number of methoxy groups -OCH3 is 1. The fourth-order valence-corrected chi connectivity index (χ4v) is 4.72. The second kappa shape index (κ2) is 20.5. The molecule has 0 unspecified atom stereocenters. The molecule has 0 saturated heterocycles. The predicted octanol–water partition coefficient (Wildman–Crippen LogP) is 1.40. The van der Waals surface area contributed by atoms with E-state index in [1.54, 1.807) is 0 Å². The average Bonchev–Trinajstić information content (AvgIpc) is 2.92. The first kappa shape index (κ1) is 44.0. The van der Waals surface area contributed by atoms with Gasteiger partial charge in [-0.2, -0.15) is 0 Å². The third-order valence-electron chi connectivity index (χ3n) is 6.55. The van der Waals surface area contributed by atoms with Gasteiger partial charge in [-0.1, -0.05) is 18.2 Å². The van der Waals surface area contributed by atoms with Crippen LogP contribution in [0.2, 0.25) is 0 Å². The molecule has 0 bridgehead atoms. The van der Waals surface area contributed by atoms with Crippen molar-refractivity contribution in [1.82, 2.24) is 4.58 Å². The van der Waals surface area contributed by atoms with Gasteiger partial charge in [0.05, 0.1) is 18.7 Å². The third kappa shape index (κ3) is 10.1. The van der Waals surface area contributed by atoms with E-state index >= 15 is 0 Å². The summed E-state index contributed by atoms with van der Waals surface area (Å²) in [6.45, 7) is 12.3. The summed E-state index contributed by atoms with van der Waals surface area (Å²) in [7, 11) is -1.96. The number of nitrogens with zero attached hydrogens (tertiary/aromatic N) is 2. The number of rotatable bonds is 7. The van der Waals surface area contributed by atoms with E-state index < -0.39 is 9.17 Å². The van der Waals surface area contributed by atoms with E-state index in [0.717, 1.165) is 70.6 Å². The Morgan fingerprint density at radius 3 is 2.07 bits per heavy atom. The van der Waals surface area contributed by atoms with E-state index in [2.05, 4.69) is 73.6 Å². The molecule has 4 rings (SSSR count). The number of benzene rings is 3. The molecule has 43 heavy (non-hydrogen) atoms. The van der Waals surface area contributed by atoms with Gasteiger partial charge in [-0.15, -0.1) is 0 Å². The Kier molecular flexibility index (Phi) is 20.9. The Bertz CT molecular complexity index is 1480. The third-order valence-corrected chi connectivity index (χ3v) is 6.55. The van der Waals surface area contributed by atoms with E-state index in [0.29, 0.717) is 5.56 Å². The Balaban J connectivity index is -0.00000168. The van der Waals surface area contributed by atoms with Gasteiger partial charge in [0.25, 0.3) is 0 Å². The molecule has 0 radical (unpaired) electrons. The molecule has 2 aromatic carbocycles. The molecular formula is C29H40MoN2O10Si. The Labute approximate surface area is 266 Å². The first-order valence-corrected chi connectivity index (χ1v) is 14.0. The number of ether oxygens (including phenoxy) is 1. The molecule has 12 nitrogen and oxygen atoms in total. The molecule has 2 aliphatic rings. The standard InChI is InChI=1S/C29H33N2O3.Mo.HO3Si.4H2O/c1-6-30(7-2)20-14-16-24-26(18-20)34-27-19-21(31(8-3)9-4)15-17-25(27)28(24)22-12-10-11-13-23(22)29(32)33-5;;1-4(2)3;;;;/h10-19H,6-9H2,1-5H3;;1H;4*1H2/q+1;+2;-1;;;;/p-2. The summed E-state index contributed by atoms with van der Waals surface area (Å²) in [6.07, 6.45) is 0. The van der Waals surface area contributed by atoms with Crippen molar-refractivity contribution in [2.24, 2.45) is 0 Å². The van der Waals surface area contributed by atoms with Crippen LogP contribution in [0.15, 0.2) is 65.1 Å². The molecule has 236 valence electrons. The second-order valence-electron chi connectivity index (χ2n) is 8.49. The maximum Gasteiger partial charge on any atom is 2.00 e. The van der Waals surface area contributed by atoms with Crippen molar-refractivity contribution in [2.75, 3.05) is 38.2 Å². The van der Waals surface area contributed by atoms with Crippen LogP contribution in [0.3, 0.4) is 0 Å². The van der Waals surface area contributed by atoms with E-state index in [1.165, 1.54) is 7.11 Å². The van der Waals surface area contributed by atoms with Crippen LogP contribution in [0.25, 0.3) is 33.4 Å². The largest absolute Gasteiger partial charge is 2.00 e. The minimum Gasteiger partial charge on any atom is -0.870 e. The van der Waals surface area contributed by atoms with Crippen LogP contribution >= 0.6 is 0 Å². The SMILES string of the molecule is CCN(CC)c1ccc2c(-c3ccccc3C(=O)OC)c3ccc(=[N+](CC)CC)cc-3oc2c1.O.O.O=[Si]([O-])O.[Mo+2].[OH-].[OH-]. The van der Waals surface area contributed by atoms with Crippen LogP contribution in [0.1, 0.15) is 38.1 Å². The quantitative estimate of drug-likeness (QED) is 0.127. The van der Waals surface area contributed by atoms with Crippen molar-refractivity contribution in [3.05, 3.63) is 71.6 Å². The molecule has 0 amide bonds. The number of carbonyl (C=O) groups is 1. The van der Waals surface area contributed by atoms with E-state index in [4.69, 9.17) is 23.2 Å². The van der Waals surface area contributed by atoms with Gasteiger partial charge in [0.15, 0.2) is 0 Å². The minimum atomic E-state index is -3.38. The zero-order valence-corrected chi connectivity index (χ0v) is 27.8. The van der Waals surface area contributed by atoms with Gasteiger partial charge < -0.3 is 50.0 Å². The van der Waals surface area contributed by atoms with Gasteiger partial charge in [0, 0.05) is 47.4 Å². The van der Waals surface area contributed by atoms with Crippen molar-refractivity contribution in [3.63, 3.8) is 0 Å². The van der Waals surface area contributed by atoms with E-state index in [1.807, 2.05) is 24.3 Å². The van der Waals surface area contributed by atoms with Crippen LogP contribution in [0, 0.1) is 0 Å². The summed E-state index contributed by atoms with van der Waals surface area (Å²) in [5.41, 5.74) is 5.24. The molecule has 7 N–H and O–H groups in total. The predicted molar refractivity (Wildman–Crippen MR) is 159 cm³/mol. The summed E-state index contributed by atoms with van der Waals surface area (Å²) in [4.78, 5) is 30.6. The van der Waals surface area contributed by atoms with Crippen LogP contribution < -0.4 is 19.6 Å². The zero-order chi connectivity index (χ0) is 27.8. The van der Waals surface area contributed by atoms with Crippen molar-refractivity contribution in [2.45, 2.75) is 27.7 Å². The second-order valence-corrected chi connectivity index (χ2v) is 9.02. The molecule has 0 fully saturated rings. The van der Waals surface area contributed by atoms with Gasteiger partial charge >= 0.3 is 36.2 Å². The van der Waals surface area contributed by atoms with Crippen molar-refractivity contribution < 1.29 is 71.0 Å². The number of esters is 1. The monoisotopic (exact) mass is 702 g/mol. The zero-order valence-electron chi connectivity index (χ0n) is 24.8. The summed E-state index contributed by atoms with van der Waals surface area (Å²) < 4.78 is 22.6. The van der Waals surface area contributed by atoms with Crippen LogP contribution in [-0.2, 0) is 30.3 Å². The van der Waals surface area contributed by atoms with Gasteiger partial charge in [0.2, 0.25) is 5.36 Å². The topological polar surface area (TPSA) is 229 Å². The molecule has 0 aromatic heterocycles. The number of anilines is 1. The number of hydrogen-bond donors (Lipinski definition) is 1. The molecule has 1 aliphatic carbocycles. The van der Waals surface area contributed by atoms with Crippen LogP contribution in [-0.4, -0.2) is 75.1 Å². The smallest absolute Gasteiger partial charge is 0.870 e. The molecule has 14 heteroatoms. The molecule has 1 aliphatic heterocycles. The van der Waals surface area contributed by atoms with Gasteiger partial charge in [-0.3, -0.25) is 0 Å². The van der Waals surface area contributed by atoms with Crippen molar-refractivity contribution in [1.29, 1.82) is 0 Å². The van der Waals surface area contributed by atoms with Crippen molar-refractivity contribution >= 4 is 31.8 Å². The average molecular weight is 701 g/mol. The molecule has 0 spiro atoms. The van der Waals surface area contributed by atoms with Gasteiger partial charge in [-0.05, 0) is 57.5 Å². The fourth-order valence-electron chi connectivity index (χ4n) is 4.72. The summed E-state index contributed by atoms with van der Waals surface area (Å²) in [6, 6.07) is 20.3. The number of hydrogen-bond acceptors (Lipinski definition) is 8. The number of carbonyl (C=O) groups excluding carboxylic acids is 1. The van der Waals surface area contributed by atoms with Gasteiger partial charge in [0.1, 0.15) is 24.4 Å². The summed E-state index contributed by atoms with van der Waals surface area (Å²) in [5, 5.41) is 2.09. The first-order valence-electron chi connectivity index (χ1n) is 12.7. The maximum absolute atomic E-state index is 12.7.